The summed E-state index contributed by atoms with van der Waals surface area (Å²) < 4.78 is 0. The predicted molar refractivity (Wildman–Crippen MR) is 120 cm³/mol. The van der Waals surface area contributed by atoms with Gasteiger partial charge in [0, 0.05) is 21.9 Å². The molecule has 0 bridgehead atoms. The Morgan fingerprint density at radius 2 is 1.61 bits per heavy atom. The van der Waals surface area contributed by atoms with Crippen LogP contribution in [0.2, 0.25) is 19.1 Å². The molecule has 4 nitrogen and oxygen atoms in total. The maximum absolute atomic E-state index is 12.8. The van der Waals surface area contributed by atoms with E-state index in [1.807, 2.05) is 50.2 Å². The molecular formula is C23H31N3OSi. The standard InChI is InChI=1S/C23H31N3OSi/c1-23(2,22(27)19-11-7-5-8-12-19)17-15-20(25-26-24)16-18-28(3,4)21-13-9-6-10-14-21/h5-14,20H,15-18H2,1-4H3. The molecule has 0 amide bonds. The number of benzene rings is 2. The molecule has 0 aliphatic heterocycles. The number of azide groups is 1. The molecule has 0 saturated heterocycles. The third-order valence-corrected chi connectivity index (χ3v) is 9.06. The Bertz CT molecular complexity index is 812. The van der Waals surface area contributed by atoms with Gasteiger partial charge >= 0.3 is 0 Å². The van der Waals surface area contributed by atoms with Crippen molar-refractivity contribution in [2.75, 3.05) is 0 Å². The maximum Gasteiger partial charge on any atom is 0.168 e. The van der Waals surface area contributed by atoms with Crippen LogP contribution in [0.25, 0.3) is 10.4 Å². The second kappa shape index (κ2) is 9.72. The fourth-order valence-corrected chi connectivity index (χ4v) is 5.95. The second-order valence-electron chi connectivity index (χ2n) is 8.77. The van der Waals surface area contributed by atoms with Gasteiger partial charge in [-0.3, -0.25) is 4.79 Å². The van der Waals surface area contributed by atoms with E-state index in [-0.39, 0.29) is 11.8 Å². The van der Waals surface area contributed by atoms with E-state index in [2.05, 4.69) is 47.4 Å². The normalized spacial score (nSPS) is 12.9. The molecule has 0 saturated carbocycles. The average Bonchev–Trinajstić information content (AvgIpc) is 2.71. The summed E-state index contributed by atoms with van der Waals surface area (Å²) in [6.07, 6.45) is 2.31. The summed E-state index contributed by atoms with van der Waals surface area (Å²) in [7, 11) is -1.57. The molecular weight excluding hydrogens is 362 g/mol. The first kappa shape index (κ1) is 21.9. The van der Waals surface area contributed by atoms with Gasteiger partial charge in [0.25, 0.3) is 0 Å². The Morgan fingerprint density at radius 3 is 2.18 bits per heavy atom. The summed E-state index contributed by atoms with van der Waals surface area (Å²) in [5.41, 5.74) is 9.27. The van der Waals surface area contributed by atoms with Crippen molar-refractivity contribution < 1.29 is 4.79 Å². The van der Waals surface area contributed by atoms with Crippen LogP contribution in [0.5, 0.6) is 0 Å². The van der Waals surface area contributed by atoms with Gasteiger partial charge in [-0.15, -0.1) is 0 Å². The van der Waals surface area contributed by atoms with Gasteiger partial charge < -0.3 is 0 Å². The van der Waals surface area contributed by atoms with Crippen molar-refractivity contribution >= 4 is 19.0 Å². The van der Waals surface area contributed by atoms with Crippen LogP contribution in [-0.4, -0.2) is 19.9 Å². The van der Waals surface area contributed by atoms with E-state index < -0.39 is 13.5 Å². The van der Waals surface area contributed by atoms with Gasteiger partial charge in [-0.05, 0) is 24.8 Å². The Kier molecular flexibility index (Phi) is 7.61. The lowest BCUT2D eigenvalue weighted by atomic mass is 9.79. The predicted octanol–water partition coefficient (Wildman–Crippen LogP) is 6.36. The summed E-state index contributed by atoms with van der Waals surface area (Å²) in [5, 5.41) is 5.47. The monoisotopic (exact) mass is 393 g/mol. The van der Waals surface area contributed by atoms with E-state index in [4.69, 9.17) is 5.53 Å². The molecule has 0 fully saturated rings. The molecule has 0 heterocycles. The van der Waals surface area contributed by atoms with Crippen molar-refractivity contribution in [3.8, 4) is 0 Å². The van der Waals surface area contributed by atoms with Crippen LogP contribution >= 0.6 is 0 Å². The second-order valence-corrected chi connectivity index (χ2v) is 13.6. The highest BCUT2D eigenvalue weighted by atomic mass is 28.3. The minimum absolute atomic E-state index is 0.0664. The number of carbonyl (C=O) groups is 1. The minimum atomic E-state index is -1.57. The zero-order valence-electron chi connectivity index (χ0n) is 17.4. The summed E-state index contributed by atoms with van der Waals surface area (Å²) in [4.78, 5) is 15.9. The molecule has 148 valence electrons. The Morgan fingerprint density at radius 1 is 1.04 bits per heavy atom. The Balaban J connectivity index is 1.99. The molecule has 5 heteroatoms. The van der Waals surface area contributed by atoms with E-state index in [0.29, 0.717) is 6.42 Å². The molecule has 0 radical (unpaired) electrons. The molecule has 0 aliphatic carbocycles. The quantitative estimate of drug-likeness (QED) is 0.152. The number of rotatable bonds is 10. The number of Topliss-reactive ketones (excluding diaryl/α,β-unsaturated/α-hetero) is 1. The molecule has 0 spiro atoms. The lowest BCUT2D eigenvalue weighted by molar-refractivity contribution is 0.0821. The largest absolute Gasteiger partial charge is 0.294 e. The third kappa shape index (κ3) is 6.08. The molecule has 0 aliphatic rings. The van der Waals surface area contributed by atoms with E-state index >= 15 is 0 Å². The maximum atomic E-state index is 12.8. The summed E-state index contributed by atoms with van der Waals surface area (Å²) >= 11 is 0. The number of ketones is 1. The van der Waals surface area contributed by atoms with E-state index in [1.165, 1.54) is 5.19 Å². The fourth-order valence-electron chi connectivity index (χ4n) is 3.52. The average molecular weight is 394 g/mol. The first-order chi connectivity index (χ1) is 13.3. The first-order valence-electron chi connectivity index (χ1n) is 9.96. The zero-order chi connectivity index (χ0) is 20.6. The molecule has 0 aromatic heterocycles. The number of carbonyl (C=O) groups excluding carboxylic acids is 1. The van der Waals surface area contributed by atoms with Crippen molar-refractivity contribution in [2.24, 2.45) is 10.5 Å². The third-order valence-electron chi connectivity index (χ3n) is 5.63. The van der Waals surface area contributed by atoms with Gasteiger partial charge in [-0.2, -0.15) is 0 Å². The van der Waals surface area contributed by atoms with E-state index in [1.54, 1.807) is 0 Å². The molecule has 1 unspecified atom stereocenters. The molecule has 2 aromatic rings. The molecule has 2 rings (SSSR count). The number of nitrogens with zero attached hydrogens (tertiary/aromatic N) is 3. The highest BCUT2D eigenvalue weighted by Crippen LogP contribution is 2.30. The smallest absolute Gasteiger partial charge is 0.168 e. The summed E-state index contributed by atoms with van der Waals surface area (Å²) in [5.74, 6) is 0.145. The van der Waals surface area contributed by atoms with Gasteiger partial charge in [0.15, 0.2) is 5.78 Å². The lowest BCUT2D eigenvalue weighted by Gasteiger charge is -2.27. The van der Waals surface area contributed by atoms with Crippen molar-refractivity contribution in [2.45, 2.75) is 58.3 Å². The number of hydrogen-bond acceptors (Lipinski definition) is 2. The summed E-state index contributed by atoms with van der Waals surface area (Å²) in [6, 6.07) is 21.1. The van der Waals surface area contributed by atoms with Crippen LogP contribution in [0.15, 0.2) is 65.8 Å². The Labute approximate surface area is 169 Å². The fraction of sp³-hybridized carbons (Fsp3) is 0.435. The van der Waals surface area contributed by atoms with Crippen molar-refractivity contribution in [3.05, 3.63) is 76.7 Å². The Hall–Kier alpha value is -2.36. The lowest BCUT2D eigenvalue weighted by Crippen LogP contribution is -2.41. The topological polar surface area (TPSA) is 65.8 Å². The van der Waals surface area contributed by atoms with Crippen LogP contribution in [0, 0.1) is 5.41 Å². The van der Waals surface area contributed by atoms with Gasteiger partial charge in [-0.25, -0.2) is 0 Å². The van der Waals surface area contributed by atoms with E-state index in [9.17, 15) is 4.79 Å². The van der Waals surface area contributed by atoms with Gasteiger partial charge in [-0.1, -0.05) is 104 Å². The van der Waals surface area contributed by atoms with Crippen molar-refractivity contribution in [1.29, 1.82) is 0 Å². The molecule has 0 N–H and O–H groups in total. The highest BCUT2D eigenvalue weighted by molar-refractivity contribution is 6.89. The minimum Gasteiger partial charge on any atom is -0.294 e. The number of hydrogen-bond donors (Lipinski definition) is 0. The van der Waals surface area contributed by atoms with E-state index in [0.717, 1.165) is 24.4 Å². The first-order valence-corrected chi connectivity index (χ1v) is 13.2. The van der Waals surface area contributed by atoms with Crippen LogP contribution in [0.1, 0.15) is 43.5 Å². The molecule has 1 atom stereocenters. The van der Waals surface area contributed by atoms with Crippen molar-refractivity contribution in [3.63, 3.8) is 0 Å². The van der Waals surface area contributed by atoms with Crippen LogP contribution in [0.3, 0.4) is 0 Å². The highest BCUT2D eigenvalue weighted by Gasteiger charge is 2.30. The molecule has 28 heavy (non-hydrogen) atoms. The van der Waals surface area contributed by atoms with Gasteiger partial charge in [0.05, 0.1) is 8.07 Å². The molecule has 2 aromatic carbocycles. The van der Waals surface area contributed by atoms with Crippen LogP contribution < -0.4 is 5.19 Å². The van der Waals surface area contributed by atoms with Gasteiger partial charge in [0.2, 0.25) is 0 Å². The SMILES string of the molecule is CC(C)(CCC(CC[Si](C)(C)c1ccccc1)N=[N+]=[N-])C(=O)c1ccccc1. The van der Waals surface area contributed by atoms with Gasteiger partial charge in [0.1, 0.15) is 0 Å². The summed E-state index contributed by atoms with van der Waals surface area (Å²) in [6.45, 7) is 8.69. The van der Waals surface area contributed by atoms with Crippen molar-refractivity contribution in [1.82, 2.24) is 0 Å². The zero-order valence-corrected chi connectivity index (χ0v) is 18.4. The van der Waals surface area contributed by atoms with Crippen LogP contribution in [-0.2, 0) is 0 Å². The van der Waals surface area contributed by atoms with Crippen LogP contribution in [0.4, 0.5) is 0 Å².